The van der Waals surface area contributed by atoms with E-state index in [-0.39, 0.29) is 10.8 Å². The Labute approximate surface area is 190 Å². The molecule has 2 aromatic carbocycles. The van der Waals surface area contributed by atoms with Crippen molar-refractivity contribution >= 4 is 43.4 Å². The number of nitrogens with one attached hydrogen (secondary N) is 3. The summed E-state index contributed by atoms with van der Waals surface area (Å²) in [4.78, 5) is 21.5. The van der Waals surface area contributed by atoms with Gasteiger partial charge in [0.05, 0.1) is 15.8 Å². The molecule has 0 aliphatic carbocycles. The molecule has 5 nitrogen and oxygen atoms in total. The van der Waals surface area contributed by atoms with Gasteiger partial charge in [-0.05, 0) is 66.5 Å². The summed E-state index contributed by atoms with van der Waals surface area (Å²) >= 11 is 1.26. The zero-order valence-electron chi connectivity index (χ0n) is 18.9. The SMILES string of the molecule is CC(C)c1c[nH]c2cc(C(C)(O)CCC(C)c3c[nH]c4ccc5[nH]c(=O)sc5c34)ccc12. The molecule has 0 saturated heterocycles. The number of benzene rings is 2. The summed E-state index contributed by atoms with van der Waals surface area (Å²) in [6.45, 7) is 8.48. The zero-order valence-corrected chi connectivity index (χ0v) is 19.7. The van der Waals surface area contributed by atoms with E-state index in [1.807, 2.05) is 25.3 Å². The molecule has 3 aromatic heterocycles. The van der Waals surface area contributed by atoms with E-state index in [9.17, 15) is 9.90 Å². The fourth-order valence-electron chi connectivity index (χ4n) is 4.80. The van der Waals surface area contributed by atoms with E-state index in [0.717, 1.165) is 38.6 Å². The lowest BCUT2D eigenvalue weighted by Crippen LogP contribution is -2.21. The maximum atomic E-state index is 11.9. The molecule has 0 aliphatic heterocycles. The van der Waals surface area contributed by atoms with Crippen LogP contribution < -0.4 is 4.87 Å². The first-order valence-electron chi connectivity index (χ1n) is 11.2. The van der Waals surface area contributed by atoms with Crippen molar-refractivity contribution in [3.8, 4) is 0 Å². The number of hydrogen-bond acceptors (Lipinski definition) is 3. The number of aromatic amines is 3. The van der Waals surface area contributed by atoms with Crippen LogP contribution in [0.2, 0.25) is 0 Å². The standard InChI is InChI=1S/C26H29N3O2S/c1-14(2)18-12-28-22-11-16(5-6-17(18)22)26(4,31)10-9-15(3)19-13-27-20-7-8-21-24(23(19)20)32-25(30)29-21/h5-8,11-15,27-28,31H,9-10H2,1-4H3,(H,29,30). The Morgan fingerprint density at radius 2 is 1.72 bits per heavy atom. The van der Waals surface area contributed by atoms with Crippen molar-refractivity contribution in [1.82, 2.24) is 15.0 Å². The molecule has 0 aliphatic rings. The summed E-state index contributed by atoms with van der Waals surface area (Å²) in [7, 11) is 0. The average Bonchev–Trinajstić information content (AvgIpc) is 3.46. The molecular formula is C26H29N3O2S. The van der Waals surface area contributed by atoms with Crippen molar-refractivity contribution in [1.29, 1.82) is 0 Å². The van der Waals surface area contributed by atoms with Gasteiger partial charge in [0.15, 0.2) is 0 Å². The Morgan fingerprint density at radius 1 is 1.00 bits per heavy atom. The van der Waals surface area contributed by atoms with Gasteiger partial charge >= 0.3 is 4.87 Å². The third-order valence-electron chi connectivity index (χ3n) is 6.81. The largest absolute Gasteiger partial charge is 0.385 e. The van der Waals surface area contributed by atoms with Gasteiger partial charge in [0, 0.05) is 34.2 Å². The zero-order chi connectivity index (χ0) is 22.6. The second-order valence-corrected chi connectivity index (χ2v) is 10.5. The van der Waals surface area contributed by atoms with Gasteiger partial charge < -0.3 is 20.1 Å². The van der Waals surface area contributed by atoms with Gasteiger partial charge in [0.2, 0.25) is 0 Å². The number of aliphatic hydroxyl groups is 1. The van der Waals surface area contributed by atoms with Crippen LogP contribution in [0, 0.1) is 0 Å². The van der Waals surface area contributed by atoms with Crippen LogP contribution in [0.3, 0.4) is 0 Å². The van der Waals surface area contributed by atoms with E-state index in [1.54, 1.807) is 0 Å². The summed E-state index contributed by atoms with van der Waals surface area (Å²) in [5.74, 6) is 0.692. The predicted molar refractivity (Wildman–Crippen MR) is 134 cm³/mol. The highest BCUT2D eigenvalue weighted by atomic mass is 32.1. The molecular weight excluding hydrogens is 418 g/mol. The molecule has 5 rings (SSSR count). The van der Waals surface area contributed by atoms with Crippen LogP contribution in [0.5, 0.6) is 0 Å². The molecule has 3 heterocycles. The van der Waals surface area contributed by atoms with Crippen molar-refractivity contribution in [3.05, 3.63) is 69.1 Å². The van der Waals surface area contributed by atoms with Gasteiger partial charge in [-0.15, -0.1) is 0 Å². The third kappa shape index (κ3) is 3.48. The Balaban J connectivity index is 1.41. The number of rotatable bonds is 6. The van der Waals surface area contributed by atoms with Crippen molar-refractivity contribution in [2.45, 2.75) is 58.0 Å². The van der Waals surface area contributed by atoms with Gasteiger partial charge in [-0.1, -0.05) is 44.2 Å². The van der Waals surface area contributed by atoms with Gasteiger partial charge in [0.25, 0.3) is 0 Å². The second kappa shape index (κ2) is 7.64. The number of H-pyrrole nitrogens is 3. The molecule has 2 unspecified atom stereocenters. The van der Waals surface area contributed by atoms with E-state index in [2.05, 4.69) is 60.1 Å². The van der Waals surface area contributed by atoms with E-state index >= 15 is 0 Å². The lowest BCUT2D eigenvalue weighted by Gasteiger charge is -2.26. The van der Waals surface area contributed by atoms with Crippen molar-refractivity contribution in [3.63, 3.8) is 0 Å². The first-order chi connectivity index (χ1) is 15.2. The van der Waals surface area contributed by atoms with Gasteiger partial charge in [-0.25, -0.2) is 0 Å². The smallest absolute Gasteiger partial charge is 0.305 e. The molecule has 5 aromatic rings. The summed E-state index contributed by atoms with van der Waals surface area (Å²) < 4.78 is 1.00. The molecule has 166 valence electrons. The summed E-state index contributed by atoms with van der Waals surface area (Å²) in [6, 6.07) is 10.2. The predicted octanol–water partition coefficient (Wildman–Crippen LogP) is 6.47. The third-order valence-corrected chi connectivity index (χ3v) is 7.73. The van der Waals surface area contributed by atoms with Crippen LogP contribution in [0.25, 0.3) is 32.0 Å². The van der Waals surface area contributed by atoms with Crippen molar-refractivity contribution in [2.75, 3.05) is 0 Å². The summed E-state index contributed by atoms with van der Waals surface area (Å²) in [6.07, 6.45) is 5.59. The molecule has 0 bridgehead atoms. The number of hydrogen-bond donors (Lipinski definition) is 4. The number of fused-ring (bicyclic) bond motifs is 4. The molecule has 2 atom stereocenters. The molecule has 0 fully saturated rings. The molecule has 6 heteroatoms. The minimum absolute atomic E-state index is 0.0319. The topological polar surface area (TPSA) is 84.7 Å². The van der Waals surface area contributed by atoms with E-state index in [1.165, 1.54) is 27.8 Å². The lowest BCUT2D eigenvalue weighted by molar-refractivity contribution is 0.0440. The van der Waals surface area contributed by atoms with Crippen LogP contribution in [0.4, 0.5) is 0 Å². The van der Waals surface area contributed by atoms with Crippen molar-refractivity contribution in [2.24, 2.45) is 0 Å². The molecule has 0 spiro atoms. The molecule has 32 heavy (non-hydrogen) atoms. The monoisotopic (exact) mass is 447 g/mol. The second-order valence-electron chi connectivity index (χ2n) is 9.50. The van der Waals surface area contributed by atoms with Gasteiger partial charge in [0.1, 0.15) is 0 Å². The first kappa shape index (κ1) is 21.0. The number of thiazole rings is 1. The maximum absolute atomic E-state index is 11.9. The Bertz CT molecular complexity index is 1480. The van der Waals surface area contributed by atoms with Crippen molar-refractivity contribution < 1.29 is 5.11 Å². The van der Waals surface area contributed by atoms with Gasteiger partial charge in [-0.3, -0.25) is 4.79 Å². The van der Waals surface area contributed by atoms with Gasteiger partial charge in [-0.2, -0.15) is 0 Å². The fraction of sp³-hybridized carbons (Fsp3) is 0.346. The normalized spacial score (nSPS) is 15.2. The van der Waals surface area contributed by atoms with Crippen LogP contribution in [0.1, 0.15) is 69.1 Å². The highest BCUT2D eigenvalue weighted by Gasteiger charge is 2.26. The average molecular weight is 448 g/mol. The fourth-order valence-corrected chi connectivity index (χ4v) is 5.70. The molecule has 4 N–H and O–H groups in total. The van der Waals surface area contributed by atoms with E-state index in [0.29, 0.717) is 12.3 Å². The molecule has 0 saturated carbocycles. The Kier molecular flexibility index (Phi) is 5.02. The maximum Gasteiger partial charge on any atom is 0.305 e. The first-order valence-corrected chi connectivity index (χ1v) is 12.0. The Morgan fingerprint density at radius 3 is 2.50 bits per heavy atom. The van der Waals surface area contributed by atoms with E-state index < -0.39 is 5.60 Å². The highest BCUT2D eigenvalue weighted by Crippen LogP contribution is 2.37. The minimum atomic E-state index is -0.925. The van der Waals surface area contributed by atoms with Crippen LogP contribution in [0.15, 0.2) is 47.5 Å². The highest BCUT2D eigenvalue weighted by molar-refractivity contribution is 7.17. The number of aromatic nitrogens is 3. The minimum Gasteiger partial charge on any atom is -0.385 e. The molecule has 0 radical (unpaired) electrons. The molecule has 0 amide bonds. The summed E-state index contributed by atoms with van der Waals surface area (Å²) in [5, 5.41) is 13.7. The summed E-state index contributed by atoms with van der Waals surface area (Å²) in [5.41, 5.74) is 5.49. The van der Waals surface area contributed by atoms with E-state index in [4.69, 9.17) is 0 Å². The lowest BCUT2D eigenvalue weighted by atomic mass is 9.85. The van der Waals surface area contributed by atoms with Crippen LogP contribution in [-0.4, -0.2) is 20.1 Å². The quantitative estimate of drug-likeness (QED) is 0.241. The Hall–Kier alpha value is -2.83. The van der Waals surface area contributed by atoms with Crippen LogP contribution >= 0.6 is 11.3 Å². The van der Waals surface area contributed by atoms with Crippen LogP contribution in [-0.2, 0) is 5.60 Å².